The highest BCUT2D eigenvalue weighted by Gasteiger charge is 2.61. The first-order valence-corrected chi connectivity index (χ1v) is 23.0. The van der Waals surface area contributed by atoms with Crippen LogP contribution in [0.4, 0.5) is 0 Å². The lowest BCUT2D eigenvalue weighted by atomic mass is 9.53. The van der Waals surface area contributed by atoms with E-state index in [2.05, 4.69) is 39.5 Å². The van der Waals surface area contributed by atoms with Crippen molar-refractivity contribution in [3.05, 3.63) is 0 Å². The molecule has 0 aromatic carbocycles. The zero-order chi connectivity index (χ0) is 38.5. The van der Waals surface area contributed by atoms with Crippen molar-refractivity contribution in [2.75, 3.05) is 52.5 Å². The predicted octanol–water partition coefficient (Wildman–Crippen LogP) is 8.86. The maximum absolute atomic E-state index is 13.7. The molecule has 3 aliphatic rings. The monoisotopic (exact) mass is 749 g/mol. The van der Waals surface area contributed by atoms with Gasteiger partial charge in [-0.3, -0.25) is 4.79 Å². The molecule has 10 atom stereocenters. The molecule has 0 aromatic rings. The minimum atomic E-state index is 0.0600. The van der Waals surface area contributed by atoms with Crippen LogP contribution in [-0.2, 0) is 19.0 Å². The molecule has 312 valence electrons. The number of fused-ring (bicyclic) bond motifs is 3. The summed E-state index contributed by atoms with van der Waals surface area (Å²) < 4.78 is 20.4. The van der Waals surface area contributed by atoms with Gasteiger partial charge in [-0.1, -0.05) is 73.1 Å². The van der Waals surface area contributed by atoms with E-state index in [-0.39, 0.29) is 17.6 Å². The summed E-state index contributed by atoms with van der Waals surface area (Å²) in [6, 6.07) is 0. The van der Waals surface area contributed by atoms with Gasteiger partial charge >= 0.3 is 0 Å². The molecule has 8 heteroatoms. The third kappa shape index (κ3) is 14.3. The van der Waals surface area contributed by atoms with Crippen molar-refractivity contribution in [3.8, 4) is 0 Å². The molecule has 3 rings (SSSR count). The number of carbonyl (C=O) groups excluding carboxylic acids is 1. The van der Waals surface area contributed by atoms with Gasteiger partial charge in [0.1, 0.15) is 0 Å². The third-order valence-corrected chi connectivity index (χ3v) is 14.0. The molecule has 6 N–H and O–H groups in total. The third-order valence-electron chi connectivity index (χ3n) is 14.0. The Labute approximate surface area is 327 Å². The first-order valence-electron chi connectivity index (χ1n) is 23.0. The number of carbonyl (C=O) groups is 1. The summed E-state index contributed by atoms with van der Waals surface area (Å²) in [5, 5.41) is 0. The lowest BCUT2D eigenvalue weighted by molar-refractivity contribution is -0.166. The van der Waals surface area contributed by atoms with Crippen molar-refractivity contribution in [1.82, 2.24) is 4.90 Å². The van der Waals surface area contributed by atoms with E-state index in [0.29, 0.717) is 73.6 Å². The van der Waals surface area contributed by atoms with E-state index in [0.717, 1.165) is 97.1 Å². The van der Waals surface area contributed by atoms with Crippen molar-refractivity contribution < 1.29 is 19.0 Å². The second-order valence-electron chi connectivity index (χ2n) is 17.8. The zero-order valence-electron chi connectivity index (χ0n) is 35.5. The summed E-state index contributed by atoms with van der Waals surface area (Å²) in [6.45, 7) is 17.9. The van der Waals surface area contributed by atoms with Crippen molar-refractivity contribution in [1.29, 1.82) is 0 Å². The SMILES string of the molecule is CCCCCN(CCCCC)C(=O)CC[C@@H](C)[C@H]1CC[C@H]2C3C(OCCCN)CCC(C[C@@H](CCCC)OCCCN)C[C@H]3C[C@H](OCCCN)[C@]12C. The van der Waals surface area contributed by atoms with Crippen LogP contribution in [0.3, 0.4) is 0 Å². The maximum Gasteiger partial charge on any atom is 0.222 e. The molecule has 3 saturated carbocycles. The molecule has 0 saturated heterocycles. The van der Waals surface area contributed by atoms with Crippen LogP contribution in [0.1, 0.15) is 169 Å². The van der Waals surface area contributed by atoms with Gasteiger partial charge in [-0.05, 0) is 145 Å². The van der Waals surface area contributed by atoms with E-state index in [1.807, 2.05) is 0 Å². The van der Waals surface area contributed by atoms with Gasteiger partial charge in [0.2, 0.25) is 5.91 Å². The average molecular weight is 749 g/mol. The highest BCUT2D eigenvalue weighted by atomic mass is 16.5. The van der Waals surface area contributed by atoms with E-state index in [1.54, 1.807) is 0 Å². The highest BCUT2D eigenvalue weighted by molar-refractivity contribution is 5.76. The van der Waals surface area contributed by atoms with E-state index >= 15 is 0 Å². The Hall–Kier alpha value is -0.770. The Bertz CT molecular complexity index is 945. The Kier molecular flexibility index (Phi) is 23.0. The normalized spacial score (nSPS) is 29.7. The summed E-state index contributed by atoms with van der Waals surface area (Å²) >= 11 is 0. The number of unbranched alkanes of at least 4 members (excludes halogenated alkanes) is 5. The molecule has 53 heavy (non-hydrogen) atoms. The van der Waals surface area contributed by atoms with Crippen LogP contribution in [0.25, 0.3) is 0 Å². The molecule has 0 aromatic heterocycles. The largest absolute Gasteiger partial charge is 0.378 e. The van der Waals surface area contributed by atoms with Gasteiger partial charge in [-0.15, -0.1) is 0 Å². The van der Waals surface area contributed by atoms with Gasteiger partial charge in [0, 0.05) is 44.7 Å². The van der Waals surface area contributed by atoms with Crippen LogP contribution < -0.4 is 17.2 Å². The molecule has 0 aliphatic heterocycles. The summed E-state index contributed by atoms with van der Waals surface area (Å²) in [5.74, 6) is 3.70. The van der Waals surface area contributed by atoms with Crippen LogP contribution in [-0.4, -0.2) is 81.7 Å². The molecular weight excluding hydrogens is 661 g/mol. The first-order chi connectivity index (χ1) is 25.8. The predicted molar refractivity (Wildman–Crippen MR) is 222 cm³/mol. The number of nitrogens with zero attached hydrogens (tertiary/aromatic N) is 1. The van der Waals surface area contributed by atoms with Crippen LogP contribution in [0.5, 0.6) is 0 Å². The fourth-order valence-electron chi connectivity index (χ4n) is 11.1. The Balaban J connectivity index is 1.84. The Morgan fingerprint density at radius 1 is 0.755 bits per heavy atom. The Morgan fingerprint density at radius 2 is 1.40 bits per heavy atom. The van der Waals surface area contributed by atoms with E-state index in [1.165, 1.54) is 64.2 Å². The summed E-state index contributed by atoms with van der Waals surface area (Å²) in [7, 11) is 0. The van der Waals surface area contributed by atoms with Gasteiger partial charge < -0.3 is 36.3 Å². The van der Waals surface area contributed by atoms with E-state index in [4.69, 9.17) is 31.4 Å². The number of ether oxygens (including phenoxy) is 3. The minimum absolute atomic E-state index is 0.0600. The molecule has 0 spiro atoms. The van der Waals surface area contributed by atoms with Crippen molar-refractivity contribution in [2.45, 2.75) is 188 Å². The average Bonchev–Trinajstić information content (AvgIpc) is 3.42. The maximum atomic E-state index is 13.7. The smallest absolute Gasteiger partial charge is 0.222 e. The molecule has 0 heterocycles. The van der Waals surface area contributed by atoms with Gasteiger partial charge in [0.25, 0.3) is 0 Å². The Morgan fingerprint density at radius 3 is 2.04 bits per heavy atom. The standard InChI is InChI=1S/C45H88N4O4/c1-6-9-12-27-49(28-13-10-7-2)43(50)23-18-35(4)39-20-21-40-44-37(34-42(45(39,40)5)53-31-16-26-48)32-36(19-22-41(44)52-30-15-25-47)33-38(17-11-8-3)51-29-14-24-46/h35-42,44H,6-34,46-48H2,1-5H3/t35-,36?,37+,38-,39-,40+,41?,42+,44?,45-/m1/s1. The highest BCUT2D eigenvalue weighted by Crippen LogP contribution is 2.64. The number of amides is 1. The van der Waals surface area contributed by atoms with Crippen molar-refractivity contribution in [3.63, 3.8) is 0 Å². The molecule has 3 fully saturated rings. The zero-order valence-corrected chi connectivity index (χ0v) is 35.5. The van der Waals surface area contributed by atoms with Crippen LogP contribution in [0, 0.1) is 40.9 Å². The number of hydrogen-bond acceptors (Lipinski definition) is 7. The second kappa shape index (κ2) is 26.2. The van der Waals surface area contributed by atoms with Crippen LogP contribution in [0.2, 0.25) is 0 Å². The van der Waals surface area contributed by atoms with Gasteiger partial charge in [0.05, 0.1) is 18.3 Å². The lowest BCUT2D eigenvalue weighted by Gasteiger charge is -2.55. The van der Waals surface area contributed by atoms with Gasteiger partial charge in [0.15, 0.2) is 0 Å². The number of nitrogens with two attached hydrogens (primary N) is 3. The van der Waals surface area contributed by atoms with Gasteiger partial charge in [-0.25, -0.2) is 0 Å². The second-order valence-corrected chi connectivity index (χ2v) is 17.8. The number of hydrogen-bond donors (Lipinski definition) is 3. The molecule has 8 nitrogen and oxygen atoms in total. The number of rotatable bonds is 29. The summed E-state index contributed by atoms with van der Waals surface area (Å²) in [6.07, 6.45) is 24.1. The topological polar surface area (TPSA) is 126 Å². The summed E-state index contributed by atoms with van der Waals surface area (Å²) in [4.78, 5) is 15.9. The van der Waals surface area contributed by atoms with Crippen LogP contribution in [0.15, 0.2) is 0 Å². The molecular formula is C45H88N4O4. The summed E-state index contributed by atoms with van der Waals surface area (Å²) in [5.41, 5.74) is 17.9. The quantitative estimate of drug-likeness (QED) is 0.0653. The molecule has 1 amide bonds. The van der Waals surface area contributed by atoms with E-state index < -0.39 is 0 Å². The molecule has 3 unspecified atom stereocenters. The fourth-order valence-corrected chi connectivity index (χ4v) is 11.1. The fraction of sp³-hybridized carbons (Fsp3) is 0.978. The van der Waals surface area contributed by atoms with Crippen molar-refractivity contribution in [2.24, 2.45) is 58.1 Å². The minimum Gasteiger partial charge on any atom is -0.378 e. The molecule has 0 radical (unpaired) electrons. The van der Waals surface area contributed by atoms with Crippen LogP contribution >= 0.6 is 0 Å². The molecule has 0 bridgehead atoms. The van der Waals surface area contributed by atoms with E-state index in [9.17, 15) is 4.79 Å². The van der Waals surface area contributed by atoms with Gasteiger partial charge in [-0.2, -0.15) is 0 Å². The first kappa shape index (κ1) is 46.6. The molecule has 3 aliphatic carbocycles. The van der Waals surface area contributed by atoms with Crippen molar-refractivity contribution >= 4 is 5.91 Å². The lowest BCUT2D eigenvalue weighted by Crippen LogP contribution is -2.55.